The normalized spacial score (nSPS) is 10.6. The molecule has 0 aliphatic rings. The van der Waals surface area contributed by atoms with Crippen molar-refractivity contribution in [2.75, 3.05) is 0 Å². The van der Waals surface area contributed by atoms with Crippen molar-refractivity contribution in [2.24, 2.45) is 0 Å². The molecule has 0 bridgehead atoms. The summed E-state index contributed by atoms with van der Waals surface area (Å²) < 4.78 is 0. The number of pyridine rings is 1. The van der Waals surface area contributed by atoms with Crippen LogP contribution in [0.5, 0.6) is 0 Å². The van der Waals surface area contributed by atoms with Crippen molar-refractivity contribution in [3.8, 4) is 0 Å². The van der Waals surface area contributed by atoms with Crippen LogP contribution in [0.25, 0.3) is 0 Å². The van der Waals surface area contributed by atoms with Crippen LogP contribution in [0.1, 0.15) is 34.5 Å². The first-order valence-corrected chi connectivity index (χ1v) is 7.72. The van der Waals surface area contributed by atoms with E-state index in [0.29, 0.717) is 33.9 Å². The number of carbonyl (C=O) groups is 1. The third-order valence-electron chi connectivity index (χ3n) is 2.76. The molecule has 0 fully saturated rings. The third kappa shape index (κ3) is 3.92. The summed E-state index contributed by atoms with van der Waals surface area (Å²) in [6.45, 7) is 3.62. The summed E-state index contributed by atoms with van der Waals surface area (Å²) >= 11 is 7.17. The van der Waals surface area contributed by atoms with Gasteiger partial charge in [0.15, 0.2) is 0 Å². The highest BCUT2D eigenvalue weighted by molar-refractivity contribution is 7.98. The van der Waals surface area contributed by atoms with Crippen LogP contribution in [-0.2, 0) is 12.2 Å². The van der Waals surface area contributed by atoms with Crippen LogP contribution in [0.15, 0.2) is 23.2 Å². The molecule has 0 amide bonds. The molecule has 0 atom stereocenters. The van der Waals surface area contributed by atoms with Gasteiger partial charge in [-0.15, -0.1) is 0 Å². The molecule has 0 aliphatic heterocycles. The highest BCUT2D eigenvalue weighted by Gasteiger charge is 2.18. The summed E-state index contributed by atoms with van der Waals surface area (Å²) in [5.74, 6) is 0.122. The Morgan fingerprint density at radius 3 is 2.71 bits per heavy atom. The van der Waals surface area contributed by atoms with Gasteiger partial charge in [-0.05, 0) is 19.1 Å². The van der Waals surface area contributed by atoms with Crippen LogP contribution in [0.3, 0.4) is 0 Å². The molecule has 0 unspecified atom stereocenters. The lowest BCUT2D eigenvalue weighted by Gasteiger charge is -2.09. The molecule has 0 radical (unpaired) electrons. The fourth-order valence-corrected chi connectivity index (χ4v) is 2.96. The highest BCUT2D eigenvalue weighted by Crippen LogP contribution is 2.26. The number of carboxylic acids is 1. The van der Waals surface area contributed by atoms with Gasteiger partial charge in [-0.3, -0.25) is 0 Å². The van der Waals surface area contributed by atoms with Gasteiger partial charge in [-0.2, -0.15) is 0 Å². The first-order chi connectivity index (χ1) is 10.0. The van der Waals surface area contributed by atoms with Crippen molar-refractivity contribution in [2.45, 2.75) is 31.0 Å². The number of nitrogens with zero attached hydrogens (tertiary/aromatic N) is 3. The number of thioether (sulfide) groups is 1. The molecular formula is C14H14ClN3O2S. The van der Waals surface area contributed by atoms with Crippen LogP contribution in [0.4, 0.5) is 0 Å². The van der Waals surface area contributed by atoms with E-state index in [1.54, 1.807) is 13.0 Å². The molecule has 7 heteroatoms. The average molecular weight is 324 g/mol. The first-order valence-electron chi connectivity index (χ1n) is 6.36. The van der Waals surface area contributed by atoms with Gasteiger partial charge < -0.3 is 5.11 Å². The predicted molar refractivity (Wildman–Crippen MR) is 81.9 cm³/mol. The van der Waals surface area contributed by atoms with Crippen LogP contribution in [-0.4, -0.2) is 26.0 Å². The van der Waals surface area contributed by atoms with E-state index in [1.165, 1.54) is 11.8 Å². The quantitative estimate of drug-likeness (QED) is 0.516. The van der Waals surface area contributed by atoms with Crippen molar-refractivity contribution in [3.63, 3.8) is 0 Å². The Labute approximate surface area is 131 Å². The minimum atomic E-state index is -1.02. The van der Waals surface area contributed by atoms with Crippen molar-refractivity contribution in [3.05, 3.63) is 46.1 Å². The van der Waals surface area contributed by atoms with E-state index in [0.717, 1.165) is 5.69 Å². The largest absolute Gasteiger partial charge is 0.478 e. The maximum Gasteiger partial charge on any atom is 0.340 e. The summed E-state index contributed by atoms with van der Waals surface area (Å²) in [7, 11) is 0. The van der Waals surface area contributed by atoms with Crippen LogP contribution < -0.4 is 0 Å². The van der Waals surface area contributed by atoms with E-state index in [-0.39, 0.29) is 5.56 Å². The SMILES string of the molecule is CCc1nc(C)c(C(=O)O)c(SCc2cccc(Cl)n2)n1. The second-order valence-corrected chi connectivity index (χ2v) is 5.66. The zero-order chi connectivity index (χ0) is 15.4. The summed E-state index contributed by atoms with van der Waals surface area (Å²) in [5, 5.41) is 10.2. The van der Waals surface area contributed by atoms with Gasteiger partial charge in [0.05, 0.1) is 11.4 Å². The Morgan fingerprint density at radius 2 is 2.10 bits per heavy atom. The molecule has 0 aliphatic carbocycles. The molecule has 21 heavy (non-hydrogen) atoms. The van der Waals surface area contributed by atoms with Gasteiger partial charge >= 0.3 is 5.97 Å². The molecule has 2 aromatic heterocycles. The maximum absolute atomic E-state index is 11.4. The van der Waals surface area contributed by atoms with Crippen LogP contribution in [0, 0.1) is 6.92 Å². The summed E-state index contributed by atoms with van der Waals surface area (Å²) in [5.41, 5.74) is 1.41. The first kappa shape index (κ1) is 15.7. The van der Waals surface area contributed by atoms with E-state index in [4.69, 9.17) is 11.6 Å². The number of halogens is 1. The smallest absolute Gasteiger partial charge is 0.340 e. The number of hydrogen-bond donors (Lipinski definition) is 1. The Balaban J connectivity index is 2.29. The van der Waals surface area contributed by atoms with E-state index in [1.807, 2.05) is 19.1 Å². The Morgan fingerprint density at radius 1 is 1.33 bits per heavy atom. The van der Waals surface area contributed by atoms with E-state index in [2.05, 4.69) is 15.0 Å². The number of aromatic carboxylic acids is 1. The van der Waals surface area contributed by atoms with E-state index < -0.39 is 5.97 Å². The number of rotatable bonds is 5. The fraction of sp³-hybridized carbons (Fsp3) is 0.286. The van der Waals surface area contributed by atoms with E-state index >= 15 is 0 Å². The van der Waals surface area contributed by atoms with Gasteiger partial charge in [0.25, 0.3) is 0 Å². The minimum absolute atomic E-state index is 0.152. The zero-order valence-electron chi connectivity index (χ0n) is 11.6. The average Bonchev–Trinajstić information content (AvgIpc) is 2.44. The lowest BCUT2D eigenvalue weighted by atomic mass is 10.2. The molecule has 0 saturated heterocycles. The second-order valence-electron chi connectivity index (χ2n) is 4.30. The maximum atomic E-state index is 11.4. The molecule has 1 N–H and O–H groups in total. The number of hydrogen-bond acceptors (Lipinski definition) is 5. The molecule has 0 saturated carbocycles. The van der Waals surface area contributed by atoms with Crippen molar-refractivity contribution in [1.29, 1.82) is 0 Å². The van der Waals surface area contributed by atoms with Gasteiger partial charge in [-0.25, -0.2) is 19.7 Å². The number of aromatic nitrogens is 3. The van der Waals surface area contributed by atoms with Gasteiger partial charge in [0.2, 0.25) is 0 Å². The van der Waals surface area contributed by atoms with Crippen molar-refractivity contribution in [1.82, 2.24) is 15.0 Å². The molecular weight excluding hydrogens is 310 g/mol. The van der Waals surface area contributed by atoms with Crippen LogP contribution >= 0.6 is 23.4 Å². The standard InChI is InChI=1S/C14H14ClN3O2S/c1-3-11-16-8(2)12(14(19)20)13(18-11)21-7-9-5-4-6-10(15)17-9/h4-6H,3,7H2,1-2H3,(H,19,20). The molecule has 5 nitrogen and oxygen atoms in total. The lowest BCUT2D eigenvalue weighted by Crippen LogP contribution is -2.09. The molecule has 2 aromatic rings. The van der Waals surface area contributed by atoms with Crippen LogP contribution in [0.2, 0.25) is 5.15 Å². The van der Waals surface area contributed by atoms with Gasteiger partial charge in [-0.1, -0.05) is 36.4 Å². The topological polar surface area (TPSA) is 76.0 Å². The van der Waals surface area contributed by atoms with Crippen molar-refractivity contribution >= 4 is 29.3 Å². The van der Waals surface area contributed by atoms with Crippen molar-refractivity contribution < 1.29 is 9.90 Å². The predicted octanol–water partition coefficient (Wildman–Crippen LogP) is 3.39. The molecule has 0 spiro atoms. The number of aryl methyl sites for hydroxylation is 2. The molecule has 2 rings (SSSR count). The second kappa shape index (κ2) is 6.87. The molecule has 0 aromatic carbocycles. The fourth-order valence-electron chi connectivity index (χ4n) is 1.78. The Kier molecular flexibility index (Phi) is 5.14. The molecule has 110 valence electrons. The molecule has 2 heterocycles. The van der Waals surface area contributed by atoms with Gasteiger partial charge in [0.1, 0.15) is 21.6 Å². The lowest BCUT2D eigenvalue weighted by molar-refractivity contribution is 0.0690. The summed E-state index contributed by atoms with van der Waals surface area (Å²) in [6.07, 6.45) is 0.656. The minimum Gasteiger partial charge on any atom is -0.478 e. The van der Waals surface area contributed by atoms with E-state index in [9.17, 15) is 9.90 Å². The monoisotopic (exact) mass is 323 g/mol. The highest BCUT2D eigenvalue weighted by atomic mass is 35.5. The number of carboxylic acid groups (broad SMARTS) is 1. The summed E-state index contributed by atoms with van der Waals surface area (Å²) in [4.78, 5) is 24.1. The Bertz CT molecular complexity index is 679. The summed E-state index contributed by atoms with van der Waals surface area (Å²) in [6, 6.07) is 5.35. The van der Waals surface area contributed by atoms with Gasteiger partial charge in [0, 0.05) is 12.2 Å². The zero-order valence-corrected chi connectivity index (χ0v) is 13.2. The Hall–Kier alpha value is -1.66. The third-order valence-corrected chi connectivity index (χ3v) is 3.98.